The van der Waals surface area contributed by atoms with Crippen LogP contribution in [0.5, 0.6) is 5.88 Å². The predicted molar refractivity (Wildman–Crippen MR) is 86.6 cm³/mol. The Balaban J connectivity index is 1.99. The number of aryl methyl sites for hydroxylation is 1. The second-order valence-corrected chi connectivity index (χ2v) is 5.18. The number of azo groups is 1. The maximum atomic E-state index is 12.1. The number of aromatic amines is 1. The summed E-state index contributed by atoms with van der Waals surface area (Å²) >= 11 is 0. The first kappa shape index (κ1) is 15.3. The molecule has 1 aromatic heterocycles. The molecule has 2 aromatic carbocycles. The van der Waals surface area contributed by atoms with E-state index < -0.39 is 10.8 Å². The molecule has 0 saturated carbocycles. The Labute approximate surface area is 135 Å². The lowest BCUT2D eigenvalue weighted by Crippen LogP contribution is -1.93. The summed E-state index contributed by atoms with van der Waals surface area (Å²) in [6.07, 6.45) is 0. The fourth-order valence-electron chi connectivity index (χ4n) is 2.30. The molecule has 2 N–H and O–H groups in total. The van der Waals surface area contributed by atoms with Gasteiger partial charge in [-0.05, 0) is 25.1 Å². The highest BCUT2D eigenvalue weighted by Crippen LogP contribution is 2.37. The predicted octanol–water partition coefficient (Wildman–Crippen LogP) is 4.01. The number of nitrogens with zero attached hydrogens (tertiary/aromatic N) is 3. The molecule has 3 rings (SSSR count). The van der Waals surface area contributed by atoms with Crippen LogP contribution in [0.4, 0.5) is 11.4 Å². The van der Waals surface area contributed by atoms with E-state index in [-0.39, 0.29) is 17.3 Å². The van der Waals surface area contributed by atoms with Crippen molar-refractivity contribution in [3.05, 3.63) is 63.7 Å². The molecule has 8 nitrogen and oxygen atoms in total. The topological polar surface area (TPSA) is 121 Å². The van der Waals surface area contributed by atoms with Crippen LogP contribution in [-0.2, 0) is 0 Å². The van der Waals surface area contributed by atoms with Crippen molar-refractivity contribution in [2.24, 2.45) is 10.2 Å². The molecule has 8 heteroatoms. The number of nitro groups is 1. The van der Waals surface area contributed by atoms with Gasteiger partial charge in [0, 0.05) is 23.1 Å². The molecule has 0 fully saturated rings. The molecule has 0 unspecified atom stereocenters. The molecule has 1 amide bonds. The number of H-pyrrole nitrogens is 1. The van der Waals surface area contributed by atoms with E-state index in [1.165, 1.54) is 18.2 Å². The van der Waals surface area contributed by atoms with E-state index in [1.807, 2.05) is 13.0 Å². The summed E-state index contributed by atoms with van der Waals surface area (Å²) < 4.78 is 0. The zero-order chi connectivity index (χ0) is 17.3. The van der Waals surface area contributed by atoms with E-state index in [1.54, 1.807) is 18.2 Å². The summed E-state index contributed by atoms with van der Waals surface area (Å²) in [6.45, 7) is 1.85. The van der Waals surface area contributed by atoms with Crippen LogP contribution in [0.15, 0.2) is 52.7 Å². The molecule has 0 saturated heterocycles. The summed E-state index contributed by atoms with van der Waals surface area (Å²) in [4.78, 5) is 25.0. The second kappa shape index (κ2) is 5.92. The summed E-state index contributed by atoms with van der Waals surface area (Å²) in [6, 6.07) is 10.9. The van der Waals surface area contributed by atoms with Crippen molar-refractivity contribution in [2.45, 2.75) is 6.92 Å². The van der Waals surface area contributed by atoms with Crippen LogP contribution in [0.25, 0.3) is 10.9 Å². The number of hydrogen-bond donors (Lipinski definition) is 2. The molecule has 0 aliphatic heterocycles. The van der Waals surface area contributed by atoms with Gasteiger partial charge in [-0.2, -0.15) is 0 Å². The Morgan fingerprint density at radius 2 is 2.04 bits per heavy atom. The number of hydrogen-bond acceptors (Lipinski definition) is 5. The van der Waals surface area contributed by atoms with Gasteiger partial charge in [0.25, 0.3) is 11.6 Å². The largest absolute Gasteiger partial charge is 0.493 e. The fraction of sp³-hybridized carbons (Fsp3) is 0.0625. The van der Waals surface area contributed by atoms with E-state index >= 15 is 0 Å². The van der Waals surface area contributed by atoms with Crippen molar-refractivity contribution in [3.8, 4) is 5.88 Å². The number of amides is 1. The number of nitrogens with one attached hydrogen (secondary N) is 1. The van der Waals surface area contributed by atoms with Gasteiger partial charge in [-0.25, -0.2) is 0 Å². The molecular weight excluding hydrogens is 312 g/mol. The van der Waals surface area contributed by atoms with Crippen molar-refractivity contribution in [1.29, 1.82) is 0 Å². The molecule has 0 aliphatic carbocycles. The molecule has 24 heavy (non-hydrogen) atoms. The highest BCUT2D eigenvalue weighted by molar-refractivity contribution is 5.97. The normalized spacial score (nSPS) is 11.2. The summed E-state index contributed by atoms with van der Waals surface area (Å²) in [5.74, 6) is -0.885. The summed E-state index contributed by atoms with van der Waals surface area (Å²) in [7, 11) is 0. The van der Waals surface area contributed by atoms with Crippen LogP contribution in [0.1, 0.15) is 15.9 Å². The zero-order valence-corrected chi connectivity index (χ0v) is 12.6. The van der Waals surface area contributed by atoms with Gasteiger partial charge in [-0.3, -0.25) is 14.9 Å². The first-order valence-electron chi connectivity index (χ1n) is 6.97. The Morgan fingerprint density at radius 3 is 2.75 bits per heavy atom. The van der Waals surface area contributed by atoms with Gasteiger partial charge >= 0.3 is 0 Å². The zero-order valence-electron chi connectivity index (χ0n) is 12.6. The van der Waals surface area contributed by atoms with Crippen molar-refractivity contribution < 1.29 is 14.8 Å². The lowest BCUT2D eigenvalue weighted by atomic mass is 10.1. The van der Waals surface area contributed by atoms with E-state index in [0.29, 0.717) is 16.5 Å². The summed E-state index contributed by atoms with van der Waals surface area (Å²) in [5, 5.41) is 28.5. The van der Waals surface area contributed by atoms with Gasteiger partial charge in [-0.1, -0.05) is 17.7 Å². The highest BCUT2D eigenvalue weighted by Gasteiger charge is 2.15. The molecule has 0 spiro atoms. The molecule has 0 radical (unpaired) electrons. The average Bonchev–Trinajstić information content (AvgIpc) is 2.87. The van der Waals surface area contributed by atoms with Gasteiger partial charge in [0.15, 0.2) is 5.69 Å². The molecule has 0 bridgehead atoms. The Kier molecular flexibility index (Phi) is 3.78. The van der Waals surface area contributed by atoms with Crippen LogP contribution in [-0.4, -0.2) is 20.9 Å². The SMILES string of the molecule is Cc1cccc(C(=O)N=Nc2c(O)[nH]c3ccc([N+](=O)[O-])cc23)c1. The maximum Gasteiger partial charge on any atom is 0.295 e. The number of aromatic nitrogens is 1. The first-order valence-corrected chi connectivity index (χ1v) is 6.97. The number of nitro benzene ring substituents is 1. The molecule has 120 valence electrons. The third-order valence-corrected chi connectivity index (χ3v) is 3.45. The third-order valence-electron chi connectivity index (χ3n) is 3.45. The van der Waals surface area contributed by atoms with Crippen LogP contribution in [0, 0.1) is 17.0 Å². The van der Waals surface area contributed by atoms with Crippen LogP contribution in [0.2, 0.25) is 0 Å². The second-order valence-electron chi connectivity index (χ2n) is 5.18. The average molecular weight is 324 g/mol. The number of non-ortho nitro benzene ring substituents is 1. The number of rotatable bonds is 3. The standard InChI is InChI=1S/C16H12N4O4/c1-9-3-2-4-10(7-9)15(21)19-18-14-12-8-11(20(23)24)5-6-13(12)17-16(14)22/h2-8,17,22H,1H3. The molecule has 3 aromatic rings. The Morgan fingerprint density at radius 1 is 1.25 bits per heavy atom. The monoisotopic (exact) mass is 324 g/mol. The number of fused-ring (bicyclic) bond motifs is 1. The van der Waals surface area contributed by atoms with Crippen LogP contribution >= 0.6 is 0 Å². The molecular formula is C16H12N4O4. The van der Waals surface area contributed by atoms with Crippen molar-refractivity contribution >= 4 is 28.2 Å². The molecule has 0 atom stereocenters. The van der Waals surface area contributed by atoms with Crippen molar-refractivity contribution in [1.82, 2.24) is 4.98 Å². The minimum Gasteiger partial charge on any atom is -0.493 e. The third kappa shape index (κ3) is 2.84. The quantitative estimate of drug-likeness (QED) is 0.429. The maximum absolute atomic E-state index is 12.1. The van der Waals surface area contributed by atoms with Crippen LogP contribution < -0.4 is 0 Å². The van der Waals surface area contributed by atoms with Crippen LogP contribution in [0.3, 0.4) is 0 Å². The number of carbonyl (C=O) groups excluding carboxylic acids is 1. The van der Waals surface area contributed by atoms with E-state index in [0.717, 1.165) is 5.56 Å². The fourth-order valence-corrected chi connectivity index (χ4v) is 2.30. The minimum atomic E-state index is -0.571. The van der Waals surface area contributed by atoms with Gasteiger partial charge < -0.3 is 10.1 Å². The van der Waals surface area contributed by atoms with Crippen molar-refractivity contribution in [2.75, 3.05) is 0 Å². The van der Waals surface area contributed by atoms with Gasteiger partial charge in [0.05, 0.1) is 10.4 Å². The molecule has 0 aliphatic rings. The lowest BCUT2D eigenvalue weighted by Gasteiger charge is -1.96. The molecule has 1 heterocycles. The van der Waals surface area contributed by atoms with Gasteiger partial charge in [0.2, 0.25) is 5.88 Å². The highest BCUT2D eigenvalue weighted by atomic mass is 16.6. The Bertz CT molecular complexity index is 991. The minimum absolute atomic E-state index is 0.0188. The van der Waals surface area contributed by atoms with Crippen molar-refractivity contribution in [3.63, 3.8) is 0 Å². The van der Waals surface area contributed by atoms with E-state index in [4.69, 9.17) is 0 Å². The lowest BCUT2D eigenvalue weighted by molar-refractivity contribution is -0.384. The van der Waals surface area contributed by atoms with Gasteiger partial charge in [0.1, 0.15) is 0 Å². The Hall–Kier alpha value is -3.55. The number of carbonyl (C=O) groups is 1. The number of benzene rings is 2. The summed E-state index contributed by atoms with van der Waals surface area (Å²) in [5.41, 5.74) is 1.55. The smallest absolute Gasteiger partial charge is 0.295 e. The van der Waals surface area contributed by atoms with E-state index in [9.17, 15) is 20.0 Å². The van der Waals surface area contributed by atoms with Gasteiger partial charge in [-0.15, -0.1) is 10.2 Å². The van der Waals surface area contributed by atoms with E-state index in [2.05, 4.69) is 15.2 Å². The number of aromatic hydroxyl groups is 1. The first-order chi connectivity index (χ1) is 11.5.